The summed E-state index contributed by atoms with van der Waals surface area (Å²) in [5.41, 5.74) is 7.93. The van der Waals surface area contributed by atoms with Gasteiger partial charge in [0.15, 0.2) is 0 Å². The molecule has 0 saturated heterocycles. The summed E-state index contributed by atoms with van der Waals surface area (Å²) in [6.07, 6.45) is 0. The van der Waals surface area contributed by atoms with Crippen molar-refractivity contribution in [1.82, 2.24) is 0 Å². The molecule has 2 aromatic rings. The third kappa shape index (κ3) is 4.31. The Morgan fingerprint density at radius 2 is 1.67 bits per heavy atom. The van der Waals surface area contributed by atoms with Gasteiger partial charge in [-0.15, -0.1) is 0 Å². The van der Waals surface area contributed by atoms with Gasteiger partial charge in [0.2, 0.25) is 10.0 Å². The van der Waals surface area contributed by atoms with E-state index in [4.69, 9.17) is 5.73 Å². The second kappa shape index (κ2) is 6.74. The molecule has 112 valence electrons. The molecule has 0 saturated carbocycles. The Balaban J connectivity index is 2.30. The molecule has 0 aliphatic rings. The number of benzene rings is 2. The largest absolute Gasteiger partial charge is 0.330 e. The van der Waals surface area contributed by atoms with E-state index in [1.54, 1.807) is 6.07 Å². The van der Waals surface area contributed by atoms with Gasteiger partial charge in [0.25, 0.3) is 0 Å². The minimum atomic E-state index is -3.41. The molecular formula is C16H20N2O2S. The van der Waals surface area contributed by atoms with E-state index in [1.165, 1.54) is 0 Å². The van der Waals surface area contributed by atoms with Gasteiger partial charge in [-0.2, -0.15) is 0 Å². The molecule has 21 heavy (non-hydrogen) atoms. The predicted molar refractivity (Wildman–Crippen MR) is 87.5 cm³/mol. The number of sulfonamides is 1. The fraction of sp³-hybridized carbons (Fsp3) is 0.250. The normalized spacial score (nSPS) is 12.9. The molecule has 0 aliphatic carbocycles. The summed E-state index contributed by atoms with van der Waals surface area (Å²) < 4.78 is 27.0. The first-order valence-electron chi connectivity index (χ1n) is 6.87. The zero-order valence-corrected chi connectivity index (χ0v) is 12.8. The highest BCUT2D eigenvalue weighted by Crippen LogP contribution is 2.28. The standard InChI is InChI=1S/C16H20N2O2S/c1-13(11-17)12-21(19,20)18-16-10-6-5-9-15(16)14-7-3-2-4-8-14/h2-10,13,18H,11-12,17H2,1H3. The van der Waals surface area contributed by atoms with Gasteiger partial charge in [0.05, 0.1) is 11.4 Å². The maximum atomic E-state index is 12.2. The summed E-state index contributed by atoms with van der Waals surface area (Å²) in [6, 6.07) is 17.1. The Morgan fingerprint density at radius 3 is 2.33 bits per heavy atom. The molecule has 0 aliphatic heterocycles. The topological polar surface area (TPSA) is 72.2 Å². The molecule has 4 nitrogen and oxygen atoms in total. The van der Waals surface area contributed by atoms with Crippen molar-refractivity contribution in [2.75, 3.05) is 17.0 Å². The van der Waals surface area contributed by atoms with Gasteiger partial charge in [-0.3, -0.25) is 4.72 Å². The monoisotopic (exact) mass is 304 g/mol. The molecule has 0 aromatic heterocycles. The Bertz CT molecular complexity index is 684. The molecule has 1 unspecified atom stereocenters. The van der Waals surface area contributed by atoms with Crippen LogP contribution in [0.3, 0.4) is 0 Å². The van der Waals surface area contributed by atoms with E-state index in [2.05, 4.69) is 4.72 Å². The van der Waals surface area contributed by atoms with Crippen molar-refractivity contribution in [2.24, 2.45) is 11.7 Å². The second-order valence-electron chi connectivity index (χ2n) is 5.14. The number of nitrogens with one attached hydrogen (secondary N) is 1. The highest BCUT2D eigenvalue weighted by atomic mass is 32.2. The zero-order valence-electron chi connectivity index (χ0n) is 12.0. The van der Waals surface area contributed by atoms with Crippen LogP contribution in [0.5, 0.6) is 0 Å². The number of nitrogens with two attached hydrogens (primary N) is 1. The molecule has 2 aromatic carbocycles. The lowest BCUT2D eigenvalue weighted by atomic mass is 10.0. The maximum absolute atomic E-state index is 12.2. The fourth-order valence-corrected chi connectivity index (χ4v) is 3.57. The molecule has 0 amide bonds. The second-order valence-corrected chi connectivity index (χ2v) is 6.90. The summed E-state index contributed by atoms with van der Waals surface area (Å²) in [4.78, 5) is 0. The van der Waals surface area contributed by atoms with Crippen LogP contribution in [0, 0.1) is 5.92 Å². The predicted octanol–water partition coefficient (Wildman–Crippen LogP) is 2.69. The Labute approximate surface area is 126 Å². The van der Waals surface area contributed by atoms with Crippen LogP contribution < -0.4 is 10.5 Å². The number of hydrogen-bond donors (Lipinski definition) is 2. The van der Waals surface area contributed by atoms with Crippen LogP contribution in [0.25, 0.3) is 11.1 Å². The molecule has 0 radical (unpaired) electrons. The SMILES string of the molecule is CC(CN)CS(=O)(=O)Nc1ccccc1-c1ccccc1. The molecule has 0 bridgehead atoms. The first-order valence-corrected chi connectivity index (χ1v) is 8.52. The summed E-state index contributed by atoms with van der Waals surface area (Å²) in [5.74, 6) is -0.0570. The Hall–Kier alpha value is -1.85. The number of hydrogen-bond acceptors (Lipinski definition) is 3. The van der Waals surface area contributed by atoms with Crippen LogP contribution >= 0.6 is 0 Å². The van der Waals surface area contributed by atoms with Crippen molar-refractivity contribution in [3.05, 3.63) is 54.6 Å². The van der Waals surface area contributed by atoms with Gasteiger partial charge >= 0.3 is 0 Å². The molecule has 0 spiro atoms. The van der Waals surface area contributed by atoms with Gasteiger partial charge in [-0.1, -0.05) is 55.5 Å². The third-order valence-corrected chi connectivity index (χ3v) is 4.72. The lowest BCUT2D eigenvalue weighted by molar-refractivity contribution is 0.578. The van der Waals surface area contributed by atoms with Gasteiger partial charge in [0, 0.05) is 5.56 Å². The quantitative estimate of drug-likeness (QED) is 0.862. The van der Waals surface area contributed by atoms with E-state index in [0.29, 0.717) is 12.2 Å². The van der Waals surface area contributed by atoms with Crippen LogP contribution in [0.4, 0.5) is 5.69 Å². The smallest absolute Gasteiger partial charge is 0.233 e. The molecule has 5 heteroatoms. The minimum absolute atomic E-state index is 0.0205. The number of rotatable bonds is 6. The van der Waals surface area contributed by atoms with Gasteiger partial charge in [-0.05, 0) is 24.1 Å². The maximum Gasteiger partial charge on any atom is 0.233 e. The van der Waals surface area contributed by atoms with Crippen LogP contribution in [-0.2, 0) is 10.0 Å². The number of para-hydroxylation sites is 1. The van der Waals surface area contributed by atoms with Crippen molar-refractivity contribution < 1.29 is 8.42 Å². The molecule has 2 rings (SSSR count). The van der Waals surface area contributed by atoms with Crippen LogP contribution in [-0.4, -0.2) is 20.7 Å². The van der Waals surface area contributed by atoms with Gasteiger partial charge in [0.1, 0.15) is 0 Å². The van der Waals surface area contributed by atoms with Crippen LogP contribution in [0.1, 0.15) is 6.92 Å². The van der Waals surface area contributed by atoms with Crippen molar-refractivity contribution in [1.29, 1.82) is 0 Å². The van der Waals surface area contributed by atoms with E-state index >= 15 is 0 Å². The van der Waals surface area contributed by atoms with E-state index in [1.807, 2.05) is 55.5 Å². The Morgan fingerprint density at radius 1 is 1.05 bits per heavy atom. The molecule has 3 N–H and O–H groups in total. The van der Waals surface area contributed by atoms with Gasteiger partial charge in [-0.25, -0.2) is 8.42 Å². The highest BCUT2D eigenvalue weighted by molar-refractivity contribution is 7.92. The summed E-state index contributed by atoms with van der Waals surface area (Å²) in [7, 11) is -3.41. The average molecular weight is 304 g/mol. The van der Waals surface area contributed by atoms with Crippen molar-refractivity contribution >= 4 is 15.7 Å². The lowest BCUT2D eigenvalue weighted by Crippen LogP contribution is -2.25. The average Bonchev–Trinajstić information content (AvgIpc) is 2.47. The summed E-state index contributed by atoms with van der Waals surface area (Å²) >= 11 is 0. The first-order chi connectivity index (χ1) is 10.0. The summed E-state index contributed by atoms with van der Waals surface area (Å²) in [6.45, 7) is 2.17. The Kier molecular flexibility index (Phi) is 4.98. The highest BCUT2D eigenvalue weighted by Gasteiger charge is 2.16. The zero-order chi connectivity index (χ0) is 15.3. The molecule has 1 atom stereocenters. The van der Waals surface area contributed by atoms with Crippen LogP contribution in [0.2, 0.25) is 0 Å². The van der Waals surface area contributed by atoms with E-state index in [9.17, 15) is 8.42 Å². The minimum Gasteiger partial charge on any atom is -0.330 e. The molecule has 0 heterocycles. The van der Waals surface area contributed by atoms with E-state index in [0.717, 1.165) is 11.1 Å². The van der Waals surface area contributed by atoms with Crippen molar-refractivity contribution in [2.45, 2.75) is 6.92 Å². The van der Waals surface area contributed by atoms with E-state index in [-0.39, 0.29) is 11.7 Å². The third-order valence-electron chi connectivity index (χ3n) is 3.18. The van der Waals surface area contributed by atoms with Crippen LogP contribution in [0.15, 0.2) is 54.6 Å². The number of anilines is 1. The van der Waals surface area contributed by atoms with Crippen molar-refractivity contribution in [3.8, 4) is 11.1 Å². The van der Waals surface area contributed by atoms with Crippen molar-refractivity contribution in [3.63, 3.8) is 0 Å². The first kappa shape index (κ1) is 15.5. The lowest BCUT2D eigenvalue weighted by Gasteiger charge is -2.14. The van der Waals surface area contributed by atoms with Gasteiger partial charge < -0.3 is 5.73 Å². The fourth-order valence-electron chi connectivity index (χ4n) is 2.09. The van der Waals surface area contributed by atoms with E-state index < -0.39 is 10.0 Å². The molecular weight excluding hydrogens is 284 g/mol. The summed E-state index contributed by atoms with van der Waals surface area (Å²) in [5, 5.41) is 0. The molecule has 0 fully saturated rings.